The van der Waals surface area contributed by atoms with Crippen molar-refractivity contribution in [3.8, 4) is 0 Å². The predicted octanol–water partition coefficient (Wildman–Crippen LogP) is 14.4. The molecule has 0 heterocycles. The SMILES string of the molecule is CCCC1CCC(CCCOC(=O)CCCCCCCCCP(CCCCCCCCCC(=O)OCCCC2CCC(CCC)CC2)OC(=O)CCCN(C)C)CC1. The lowest BCUT2D eigenvalue weighted by Gasteiger charge is -2.28. The molecule has 7 nitrogen and oxygen atoms in total. The number of hydrogen-bond donors (Lipinski definition) is 0. The molecular formula is C50H94NO6P. The van der Waals surface area contributed by atoms with Crippen LogP contribution in [-0.4, -0.2) is 69.0 Å². The van der Waals surface area contributed by atoms with Crippen LogP contribution in [0.4, 0.5) is 0 Å². The van der Waals surface area contributed by atoms with Gasteiger partial charge in [0.05, 0.1) is 21.4 Å². The van der Waals surface area contributed by atoms with Crippen molar-refractivity contribution in [1.29, 1.82) is 0 Å². The minimum absolute atomic E-state index is 0.0134. The summed E-state index contributed by atoms with van der Waals surface area (Å²) in [7, 11) is 3.39. The summed E-state index contributed by atoms with van der Waals surface area (Å²) in [5, 5.41) is 0. The topological polar surface area (TPSA) is 82.1 Å². The van der Waals surface area contributed by atoms with E-state index in [4.69, 9.17) is 14.0 Å². The maximum atomic E-state index is 12.6. The van der Waals surface area contributed by atoms with Crippen molar-refractivity contribution >= 4 is 26.1 Å². The molecule has 2 aliphatic rings. The predicted molar refractivity (Wildman–Crippen MR) is 246 cm³/mol. The molecule has 0 aromatic rings. The maximum absolute atomic E-state index is 12.6. The molecule has 0 radical (unpaired) electrons. The van der Waals surface area contributed by atoms with E-state index in [2.05, 4.69) is 18.7 Å². The molecule has 2 aliphatic carbocycles. The van der Waals surface area contributed by atoms with Crippen LogP contribution >= 0.6 is 8.15 Å². The molecule has 0 amide bonds. The van der Waals surface area contributed by atoms with Crippen LogP contribution < -0.4 is 0 Å². The molecule has 0 aromatic heterocycles. The number of carbonyl (C=O) groups excluding carboxylic acids is 3. The van der Waals surface area contributed by atoms with Crippen molar-refractivity contribution in [1.82, 2.24) is 4.90 Å². The van der Waals surface area contributed by atoms with Crippen molar-refractivity contribution < 1.29 is 28.4 Å². The van der Waals surface area contributed by atoms with Gasteiger partial charge in [0.25, 0.3) is 0 Å². The average Bonchev–Trinajstić information content (AvgIpc) is 3.21. The van der Waals surface area contributed by atoms with Gasteiger partial charge >= 0.3 is 17.9 Å². The second-order valence-corrected chi connectivity index (χ2v) is 20.9. The Morgan fingerprint density at radius 3 is 1.17 bits per heavy atom. The average molecular weight is 836 g/mol. The Bertz CT molecular complexity index is 929. The first-order valence-electron chi connectivity index (χ1n) is 25.2. The van der Waals surface area contributed by atoms with Crippen molar-refractivity contribution in [2.45, 2.75) is 232 Å². The number of ether oxygens (including phenoxy) is 2. The van der Waals surface area contributed by atoms with E-state index in [-0.39, 0.29) is 17.9 Å². The Labute approximate surface area is 360 Å². The van der Waals surface area contributed by atoms with Gasteiger partial charge in [-0.2, -0.15) is 0 Å². The van der Waals surface area contributed by atoms with Gasteiger partial charge in [-0.3, -0.25) is 14.4 Å². The van der Waals surface area contributed by atoms with Crippen LogP contribution in [0.25, 0.3) is 0 Å². The van der Waals surface area contributed by atoms with Gasteiger partial charge in [0.1, 0.15) is 0 Å². The molecule has 2 fully saturated rings. The zero-order valence-corrected chi connectivity index (χ0v) is 39.6. The zero-order chi connectivity index (χ0) is 41.9. The molecular weight excluding hydrogens is 742 g/mol. The Balaban J connectivity index is 1.44. The summed E-state index contributed by atoms with van der Waals surface area (Å²) in [4.78, 5) is 39.2. The van der Waals surface area contributed by atoms with Gasteiger partial charge in [0.2, 0.25) is 0 Å². The minimum Gasteiger partial charge on any atom is -0.466 e. The number of rotatable bonds is 37. The summed E-state index contributed by atoms with van der Waals surface area (Å²) in [6, 6.07) is 0. The highest BCUT2D eigenvalue weighted by atomic mass is 31.1. The van der Waals surface area contributed by atoms with Crippen LogP contribution in [0.3, 0.4) is 0 Å². The molecule has 0 saturated heterocycles. The summed E-state index contributed by atoms with van der Waals surface area (Å²) in [5.74, 6) is 3.57. The van der Waals surface area contributed by atoms with Crippen molar-refractivity contribution in [2.24, 2.45) is 23.7 Å². The van der Waals surface area contributed by atoms with E-state index in [1.807, 2.05) is 14.1 Å². The van der Waals surface area contributed by atoms with Crippen LogP contribution in [0.5, 0.6) is 0 Å². The maximum Gasteiger partial charge on any atom is 0.308 e. The third-order valence-corrected chi connectivity index (χ3v) is 15.3. The van der Waals surface area contributed by atoms with E-state index in [0.717, 1.165) is 100 Å². The van der Waals surface area contributed by atoms with Gasteiger partial charge in [-0.05, 0) is 102 Å². The fraction of sp³-hybridized carbons (Fsp3) is 0.940. The lowest BCUT2D eigenvalue weighted by Crippen LogP contribution is -2.15. The van der Waals surface area contributed by atoms with Gasteiger partial charge in [0, 0.05) is 31.6 Å². The van der Waals surface area contributed by atoms with Crippen LogP contribution in [-0.2, 0) is 28.4 Å². The number of unbranched alkanes of at least 4 members (excludes halogenated alkanes) is 12. The lowest BCUT2D eigenvalue weighted by atomic mass is 9.78. The summed E-state index contributed by atoms with van der Waals surface area (Å²) in [6.45, 7) is 6.71. The molecule has 0 N–H and O–H groups in total. The molecule has 0 spiro atoms. The molecule has 340 valence electrons. The van der Waals surface area contributed by atoms with Gasteiger partial charge in [-0.15, -0.1) is 0 Å². The van der Waals surface area contributed by atoms with Crippen LogP contribution in [0.15, 0.2) is 0 Å². The smallest absolute Gasteiger partial charge is 0.308 e. The number of hydrogen-bond acceptors (Lipinski definition) is 7. The number of esters is 2. The quantitative estimate of drug-likeness (QED) is 0.0350. The van der Waals surface area contributed by atoms with Crippen LogP contribution in [0.2, 0.25) is 0 Å². The van der Waals surface area contributed by atoms with Gasteiger partial charge < -0.3 is 18.9 Å². The second-order valence-electron chi connectivity index (χ2n) is 18.8. The number of nitrogens with zero attached hydrogens (tertiary/aromatic N) is 1. The van der Waals surface area contributed by atoms with E-state index in [1.165, 1.54) is 141 Å². The van der Waals surface area contributed by atoms with E-state index in [9.17, 15) is 14.4 Å². The molecule has 2 rings (SSSR count). The lowest BCUT2D eigenvalue weighted by molar-refractivity contribution is -0.144. The summed E-state index contributed by atoms with van der Waals surface area (Å²) >= 11 is 0. The highest BCUT2D eigenvalue weighted by molar-refractivity contribution is 7.53. The summed E-state index contributed by atoms with van der Waals surface area (Å²) in [5.41, 5.74) is 0. The van der Waals surface area contributed by atoms with Gasteiger partial charge in [0.15, 0.2) is 0 Å². The summed E-state index contributed by atoms with van der Waals surface area (Å²) < 4.78 is 17.2. The van der Waals surface area contributed by atoms with Crippen LogP contribution in [0, 0.1) is 23.7 Å². The third-order valence-electron chi connectivity index (χ3n) is 13.2. The minimum atomic E-state index is -0.702. The summed E-state index contributed by atoms with van der Waals surface area (Å²) in [6.07, 6.45) is 41.4. The molecule has 8 heteroatoms. The van der Waals surface area contributed by atoms with E-state index in [1.54, 1.807) is 0 Å². The van der Waals surface area contributed by atoms with Crippen LogP contribution in [0.1, 0.15) is 232 Å². The first kappa shape index (κ1) is 52.9. The normalized spacial score (nSPS) is 20.2. The molecule has 0 unspecified atom stereocenters. The molecule has 2 saturated carbocycles. The van der Waals surface area contributed by atoms with Crippen molar-refractivity contribution in [3.05, 3.63) is 0 Å². The van der Waals surface area contributed by atoms with Gasteiger partial charge in [-0.25, -0.2) is 0 Å². The first-order valence-corrected chi connectivity index (χ1v) is 26.8. The fourth-order valence-corrected chi connectivity index (χ4v) is 11.4. The molecule has 0 bridgehead atoms. The molecule has 0 atom stereocenters. The Hall–Kier alpha value is -1.20. The van der Waals surface area contributed by atoms with Gasteiger partial charge in [-0.1, -0.05) is 155 Å². The Morgan fingerprint density at radius 1 is 0.448 bits per heavy atom. The third kappa shape index (κ3) is 29.9. The monoisotopic (exact) mass is 836 g/mol. The molecule has 58 heavy (non-hydrogen) atoms. The highest BCUT2D eigenvalue weighted by Crippen LogP contribution is 2.40. The largest absolute Gasteiger partial charge is 0.466 e. The van der Waals surface area contributed by atoms with Crippen molar-refractivity contribution in [2.75, 3.05) is 46.2 Å². The molecule has 0 aliphatic heterocycles. The van der Waals surface area contributed by atoms with E-state index < -0.39 is 8.15 Å². The van der Waals surface area contributed by atoms with E-state index in [0.29, 0.717) is 32.5 Å². The fourth-order valence-electron chi connectivity index (χ4n) is 9.51. The molecule has 0 aromatic carbocycles. The Kier molecular flexibility index (Phi) is 33.3. The zero-order valence-electron chi connectivity index (χ0n) is 38.7. The standard InChI is InChI=1S/C50H94NO6P/c1-5-24-44-31-35-46(36-32-44)26-22-40-55-48(52)28-17-13-9-7-11-15-19-42-58(57-50(54)30-21-39-51(3)4)43-20-16-12-8-10-14-18-29-49(53)56-41-23-27-47-37-33-45(25-6-2)34-38-47/h44-47H,5-43H2,1-4H3. The second kappa shape index (κ2) is 36.5. The highest BCUT2D eigenvalue weighted by Gasteiger charge is 2.22. The first-order chi connectivity index (χ1) is 28.3. The van der Waals surface area contributed by atoms with E-state index >= 15 is 0 Å². The van der Waals surface area contributed by atoms with Crippen molar-refractivity contribution in [3.63, 3.8) is 0 Å². The number of carbonyl (C=O) groups is 3. The Morgan fingerprint density at radius 2 is 0.793 bits per heavy atom.